The van der Waals surface area contributed by atoms with Gasteiger partial charge in [-0.2, -0.15) is 0 Å². The summed E-state index contributed by atoms with van der Waals surface area (Å²) >= 11 is 0. The topological polar surface area (TPSA) is 17.1 Å². The van der Waals surface area contributed by atoms with Crippen molar-refractivity contribution in [3.8, 4) is 0 Å². The summed E-state index contributed by atoms with van der Waals surface area (Å²) in [4.78, 5) is 11.0. The number of carbonyl (C=O) groups is 1. The monoisotopic (exact) mass is 154 g/mol. The van der Waals surface area contributed by atoms with Gasteiger partial charge in [-0.05, 0) is 18.3 Å². The molecule has 0 aromatic carbocycles. The highest BCUT2D eigenvalue weighted by atomic mass is 16.1. The summed E-state index contributed by atoms with van der Waals surface area (Å²) in [7, 11) is 0. The number of carbonyl (C=O) groups excluding carboxylic acids is 1. The van der Waals surface area contributed by atoms with Gasteiger partial charge in [0.05, 0.1) is 0 Å². The van der Waals surface area contributed by atoms with Crippen LogP contribution in [0, 0.1) is 5.41 Å². The molecular formula is C10H18O. The summed E-state index contributed by atoms with van der Waals surface area (Å²) in [6, 6.07) is 0. The van der Waals surface area contributed by atoms with Crippen LogP contribution in [0.3, 0.4) is 0 Å². The van der Waals surface area contributed by atoms with E-state index in [0.29, 0.717) is 11.2 Å². The molecule has 1 aliphatic carbocycles. The summed E-state index contributed by atoms with van der Waals surface area (Å²) in [6.45, 7) is 4.47. The quantitative estimate of drug-likeness (QED) is 0.611. The Balaban J connectivity index is 2.35. The van der Waals surface area contributed by atoms with Gasteiger partial charge in [0.15, 0.2) is 0 Å². The van der Waals surface area contributed by atoms with E-state index in [4.69, 9.17) is 0 Å². The molecule has 0 aromatic rings. The van der Waals surface area contributed by atoms with E-state index in [1.807, 2.05) is 0 Å². The van der Waals surface area contributed by atoms with Crippen LogP contribution in [0.1, 0.15) is 52.4 Å². The Morgan fingerprint density at radius 2 is 2.27 bits per heavy atom. The standard InChI is InChI=1S/C10H18O/c1-3-4-6-10(2)7-5-9(11)8-10/h3-8H2,1-2H3. The minimum atomic E-state index is 0.368. The van der Waals surface area contributed by atoms with Crippen LogP contribution in [0.5, 0.6) is 0 Å². The van der Waals surface area contributed by atoms with Crippen LogP contribution in [-0.4, -0.2) is 5.78 Å². The van der Waals surface area contributed by atoms with Crippen LogP contribution in [0.4, 0.5) is 0 Å². The summed E-state index contributed by atoms with van der Waals surface area (Å²) in [5.74, 6) is 0.476. The fourth-order valence-electron chi connectivity index (χ4n) is 1.91. The van der Waals surface area contributed by atoms with Gasteiger partial charge in [-0.1, -0.05) is 26.7 Å². The molecule has 0 saturated heterocycles. The molecule has 0 heterocycles. The molecule has 0 spiro atoms. The highest BCUT2D eigenvalue weighted by molar-refractivity contribution is 5.81. The van der Waals surface area contributed by atoms with Crippen molar-refractivity contribution in [1.82, 2.24) is 0 Å². The lowest BCUT2D eigenvalue weighted by atomic mass is 9.83. The Bertz CT molecular complexity index is 151. The fourth-order valence-corrected chi connectivity index (χ4v) is 1.91. The van der Waals surface area contributed by atoms with Crippen molar-refractivity contribution < 1.29 is 4.79 Å². The third-order valence-electron chi connectivity index (χ3n) is 2.77. The number of rotatable bonds is 3. The highest BCUT2D eigenvalue weighted by Crippen LogP contribution is 2.39. The molecule has 0 amide bonds. The van der Waals surface area contributed by atoms with E-state index in [2.05, 4.69) is 13.8 Å². The molecule has 1 nitrogen and oxygen atoms in total. The predicted octanol–water partition coefficient (Wildman–Crippen LogP) is 2.94. The van der Waals surface area contributed by atoms with Gasteiger partial charge in [0.25, 0.3) is 0 Å². The van der Waals surface area contributed by atoms with Gasteiger partial charge in [-0.15, -0.1) is 0 Å². The maximum atomic E-state index is 11.0. The second kappa shape index (κ2) is 3.38. The Hall–Kier alpha value is -0.330. The molecular weight excluding hydrogens is 136 g/mol. The van der Waals surface area contributed by atoms with Crippen molar-refractivity contribution in [2.75, 3.05) is 0 Å². The molecule has 1 saturated carbocycles. The molecule has 1 fully saturated rings. The van der Waals surface area contributed by atoms with Crippen molar-refractivity contribution in [3.05, 3.63) is 0 Å². The lowest BCUT2D eigenvalue weighted by molar-refractivity contribution is -0.118. The number of hydrogen-bond acceptors (Lipinski definition) is 1. The van der Waals surface area contributed by atoms with E-state index in [-0.39, 0.29) is 0 Å². The average Bonchev–Trinajstić information content (AvgIpc) is 2.28. The first kappa shape index (κ1) is 8.76. The van der Waals surface area contributed by atoms with Crippen molar-refractivity contribution in [2.24, 2.45) is 5.41 Å². The summed E-state index contributed by atoms with van der Waals surface area (Å²) in [6.07, 6.45) is 6.59. The summed E-state index contributed by atoms with van der Waals surface area (Å²) in [5.41, 5.74) is 0.368. The molecule has 0 aromatic heterocycles. The van der Waals surface area contributed by atoms with Gasteiger partial charge >= 0.3 is 0 Å². The van der Waals surface area contributed by atoms with Crippen LogP contribution in [-0.2, 0) is 4.79 Å². The van der Waals surface area contributed by atoms with Crippen LogP contribution in [0.25, 0.3) is 0 Å². The number of hydrogen-bond donors (Lipinski definition) is 0. The normalized spacial score (nSPS) is 31.3. The van der Waals surface area contributed by atoms with Gasteiger partial charge in [-0.3, -0.25) is 4.79 Å². The Morgan fingerprint density at radius 1 is 1.55 bits per heavy atom. The SMILES string of the molecule is CCCCC1(C)CCC(=O)C1. The molecule has 0 radical (unpaired) electrons. The van der Waals surface area contributed by atoms with Crippen LogP contribution >= 0.6 is 0 Å². The lowest BCUT2D eigenvalue weighted by Crippen LogP contribution is -2.11. The molecule has 1 rings (SSSR count). The van der Waals surface area contributed by atoms with Crippen molar-refractivity contribution in [1.29, 1.82) is 0 Å². The van der Waals surface area contributed by atoms with E-state index in [1.165, 1.54) is 19.3 Å². The first-order chi connectivity index (χ1) is 5.16. The molecule has 1 atom stereocenters. The second-order valence-corrected chi connectivity index (χ2v) is 4.13. The number of unbranched alkanes of at least 4 members (excludes halogenated alkanes) is 1. The van der Waals surface area contributed by atoms with Gasteiger partial charge in [0.2, 0.25) is 0 Å². The third-order valence-corrected chi connectivity index (χ3v) is 2.77. The Labute approximate surface area is 69.2 Å². The summed E-state index contributed by atoms with van der Waals surface area (Å²) in [5, 5.41) is 0. The minimum absolute atomic E-state index is 0.368. The van der Waals surface area contributed by atoms with E-state index < -0.39 is 0 Å². The van der Waals surface area contributed by atoms with Crippen molar-refractivity contribution in [2.45, 2.75) is 52.4 Å². The van der Waals surface area contributed by atoms with Crippen molar-refractivity contribution in [3.63, 3.8) is 0 Å². The van der Waals surface area contributed by atoms with E-state index in [9.17, 15) is 4.79 Å². The van der Waals surface area contributed by atoms with Gasteiger partial charge in [0, 0.05) is 12.8 Å². The lowest BCUT2D eigenvalue weighted by Gasteiger charge is -2.21. The van der Waals surface area contributed by atoms with Gasteiger partial charge < -0.3 is 0 Å². The van der Waals surface area contributed by atoms with Crippen molar-refractivity contribution >= 4 is 5.78 Å². The number of Topliss-reactive ketones (excluding diaryl/α,β-unsaturated/α-hetero) is 1. The van der Waals surface area contributed by atoms with E-state index in [0.717, 1.165) is 19.3 Å². The smallest absolute Gasteiger partial charge is 0.133 e. The fraction of sp³-hybridized carbons (Fsp3) is 0.900. The number of ketones is 1. The Kier molecular flexibility index (Phi) is 2.69. The highest BCUT2D eigenvalue weighted by Gasteiger charge is 2.32. The van der Waals surface area contributed by atoms with E-state index in [1.54, 1.807) is 0 Å². The maximum Gasteiger partial charge on any atom is 0.133 e. The minimum Gasteiger partial charge on any atom is -0.300 e. The molecule has 11 heavy (non-hydrogen) atoms. The molecule has 64 valence electrons. The molecule has 1 aliphatic rings. The third kappa shape index (κ3) is 2.32. The van der Waals surface area contributed by atoms with Crippen LogP contribution < -0.4 is 0 Å². The molecule has 0 aliphatic heterocycles. The molecule has 0 N–H and O–H groups in total. The van der Waals surface area contributed by atoms with E-state index >= 15 is 0 Å². The average molecular weight is 154 g/mol. The first-order valence-corrected chi connectivity index (χ1v) is 4.68. The molecule has 0 bridgehead atoms. The molecule has 1 heteroatoms. The van der Waals surface area contributed by atoms with Gasteiger partial charge in [-0.25, -0.2) is 0 Å². The van der Waals surface area contributed by atoms with Crippen LogP contribution in [0.2, 0.25) is 0 Å². The zero-order valence-electron chi connectivity index (χ0n) is 7.65. The predicted molar refractivity (Wildman–Crippen MR) is 46.5 cm³/mol. The second-order valence-electron chi connectivity index (χ2n) is 4.13. The van der Waals surface area contributed by atoms with Gasteiger partial charge in [0.1, 0.15) is 5.78 Å². The Morgan fingerprint density at radius 3 is 2.73 bits per heavy atom. The zero-order valence-corrected chi connectivity index (χ0v) is 7.65. The summed E-state index contributed by atoms with van der Waals surface area (Å²) < 4.78 is 0. The first-order valence-electron chi connectivity index (χ1n) is 4.68. The molecule has 1 unspecified atom stereocenters. The largest absolute Gasteiger partial charge is 0.300 e. The zero-order chi connectivity index (χ0) is 8.32. The maximum absolute atomic E-state index is 11.0. The van der Waals surface area contributed by atoms with Crippen LogP contribution in [0.15, 0.2) is 0 Å².